The molecule has 0 amide bonds. The van der Waals surface area contributed by atoms with Crippen LogP contribution in [0.15, 0.2) is 0 Å². The van der Waals surface area contributed by atoms with Crippen molar-refractivity contribution in [2.45, 2.75) is 87.0 Å². The highest BCUT2D eigenvalue weighted by molar-refractivity contribution is 7.98. The van der Waals surface area contributed by atoms with Crippen LogP contribution in [0.25, 0.3) is 0 Å². The minimum absolute atomic E-state index is 0.147. The van der Waals surface area contributed by atoms with Gasteiger partial charge in [0.1, 0.15) is 5.78 Å². The smallest absolute Gasteiger partial charge is 0.138 e. The Balaban J connectivity index is 4.13. The molecular weight excluding hydrogens is 288 g/mol. The summed E-state index contributed by atoms with van der Waals surface area (Å²) in [5.41, 5.74) is 0.295. The summed E-state index contributed by atoms with van der Waals surface area (Å²) in [6, 6.07) is 0. The van der Waals surface area contributed by atoms with Crippen LogP contribution in [0.4, 0.5) is 0 Å². The number of Topliss-reactive ketones (excluding diaryl/α,β-unsaturated/α-hetero) is 1. The van der Waals surface area contributed by atoms with Gasteiger partial charge in [0.25, 0.3) is 0 Å². The molecule has 0 aromatic heterocycles. The number of hydrogen-bond acceptors (Lipinski definition) is 2. The van der Waals surface area contributed by atoms with Gasteiger partial charge in [0.15, 0.2) is 0 Å². The molecule has 1 atom stereocenters. The molecule has 1 nitrogen and oxygen atoms in total. The molecule has 0 aromatic rings. The van der Waals surface area contributed by atoms with Gasteiger partial charge in [-0.2, -0.15) is 11.8 Å². The highest BCUT2D eigenvalue weighted by Crippen LogP contribution is 2.32. The van der Waals surface area contributed by atoms with Crippen LogP contribution < -0.4 is 0 Å². The minimum Gasteiger partial charge on any atom is -0.299 e. The molecule has 22 heavy (non-hydrogen) atoms. The fraction of sp³-hybridized carbons (Fsp3) is 0.950. The lowest BCUT2D eigenvalue weighted by atomic mass is 9.77. The molecule has 0 aliphatic heterocycles. The largest absolute Gasteiger partial charge is 0.299 e. The van der Waals surface area contributed by atoms with Gasteiger partial charge in [0, 0.05) is 11.8 Å². The molecule has 1 unspecified atom stereocenters. The van der Waals surface area contributed by atoms with E-state index in [9.17, 15) is 4.79 Å². The molecule has 0 bridgehead atoms. The molecule has 0 saturated carbocycles. The van der Waals surface area contributed by atoms with Crippen LogP contribution in [0.1, 0.15) is 87.0 Å². The van der Waals surface area contributed by atoms with Gasteiger partial charge in [-0.25, -0.2) is 0 Å². The van der Waals surface area contributed by atoms with Gasteiger partial charge >= 0.3 is 0 Å². The summed E-state index contributed by atoms with van der Waals surface area (Å²) in [6.07, 6.45) is 8.81. The SMILES string of the molecule is CSCCC(C)(C)CCC(C)CCC(=O)C(C)(C)CC(C)C. The zero-order valence-corrected chi connectivity index (χ0v) is 17.2. The second kappa shape index (κ2) is 10.0. The molecule has 2 heteroatoms. The van der Waals surface area contributed by atoms with E-state index in [2.05, 4.69) is 54.7 Å². The predicted molar refractivity (Wildman–Crippen MR) is 103 cm³/mol. The summed E-state index contributed by atoms with van der Waals surface area (Å²) in [6.45, 7) is 15.7. The van der Waals surface area contributed by atoms with E-state index in [1.54, 1.807) is 0 Å². The summed E-state index contributed by atoms with van der Waals surface area (Å²) < 4.78 is 0. The van der Waals surface area contributed by atoms with E-state index in [1.165, 1.54) is 25.0 Å². The topological polar surface area (TPSA) is 17.1 Å². The number of carbonyl (C=O) groups excluding carboxylic acids is 1. The van der Waals surface area contributed by atoms with Crippen molar-refractivity contribution in [2.75, 3.05) is 12.0 Å². The molecule has 0 aliphatic rings. The van der Waals surface area contributed by atoms with Crippen molar-refractivity contribution in [1.29, 1.82) is 0 Å². The number of rotatable bonds is 12. The number of carbonyl (C=O) groups is 1. The van der Waals surface area contributed by atoms with E-state index >= 15 is 0 Å². The third-order valence-corrected chi connectivity index (χ3v) is 5.45. The monoisotopic (exact) mass is 328 g/mol. The molecule has 0 fully saturated rings. The quantitative estimate of drug-likeness (QED) is 0.401. The van der Waals surface area contributed by atoms with Crippen LogP contribution >= 0.6 is 11.8 Å². The maximum atomic E-state index is 12.4. The third-order valence-electron chi connectivity index (χ3n) is 4.83. The molecule has 0 spiro atoms. The molecule has 0 saturated heterocycles. The fourth-order valence-electron chi connectivity index (χ4n) is 3.14. The lowest BCUT2D eigenvalue weighted by Crippen LogP contribution is -2.26. The van der Waals surface area contributed by atoms with Gasteiger partial charge in [-0.1, -0.05) is 54.9 Å². The van der Waals surface area contributed by atoms with Crippen LogP contribution in [0, 0.1) is 22.7 Å². The van der Waals surface area contributed by atoms with Crippen molar-refractivity contribution < 1.29 is 4.79 Å². The Morgan fingerprint density at radius 3 is 2.09 bits per heavy atom. The Kier molecular flexibility index (Phi) is 10.0. The van der Waals surface area contributed by atoms with Crippen molar-refractivity contribution in [1.82, 2.24) is 0 Å². The van der Waals surface area contributed by atoms with Crippen LogP contribution in [0.5, 0.6) is 0 Å². The zero-order chi connectivity index (χ0) is 17.4. The Labute approximate surface area is 144 Å². The van der Waals surface area contributed by atoms with E-state index < -0.39 is 0 Å². The average molecular weight is 329 g/mol. The Morgan fingerprint density at radius 2 is 1.59 bits per heavy atom. The average Bonchev–Trinajstić information content (AvgIpc) is 2.39. The first-order valence-corrected chi connectivity index (χ1v) is 10.4. The third kappa shape index (κ3) is 9.92. The lowest BCUT2D eigenvalue weighted by Gasteiger charge is -2.27. The van der Waals surface area contributed by atoms with E-state index in [1.807, 2.05) is 11.8 Å². The fourth-order valence-corrected chi connectivity index (χ4v) is 3.89. The summed E-state index contributed by atoms with van der Waals surface area (Å²) in [5.74, 6) is 2.96. The van der Waals surface area contributed by atoms with Crippen LogP contribution in [0.2, 0.25) is 0 Å². The summed E-state index contributed by atoms with van der Waals surface area (Å²) in [4.78, 5) is 12.4. The predicted octanol–water partition coefficient (Wildman–Crippen LogP) is 6.60. The second-order valence-corrected chi connectivity index (χ2v) is 9.98. The first kappa shape index (κ1) is 22.0. The summed E-state index contributed by atoms with van der Waals surface area (Å²) in [5, 5.41) is 0. The maximum absolute atomic E-state index is 12.4. The summed E-state index contributed by atoms with van der Waals surface area (Å²) >= 11 is 1.94. The van der Waals surface area contributed by atoms with Crippen LogP contribution in [-0.4, -0.2) is 17.8 Å². The zero-order valence-electron chi connectivity index (χ0n) is 16.4. The maximum Gasteiger partial charge on any atom is 0.138 e. The summed E-state index contributed by atoms with van der Waals surface area (Å²) in [7, 11) is 0. The number of hydrogen-bond donors (Lipinski definition) is 0. The van der Waals surface area contributed by atoms with Gasteiger partial charge in [-0.3, -0.25) is 4.79 Å². The Hall–Kier alpha value is 0.0200. The molecule has 0 radical (unpaired) electrons. The van der Waals surface area contributed by atoms with Crippen LogP contribution in [-0.2, 0) is 4.79 Å². The van der Waals surface area contributed by atoms with E-state index in [0.29, 0.717) is 23.0 Å². The molecular formula is C20H40OS. The standard InChI is InChI=1S/C20H40OS/c1-16(2)15-20(6,7)18(21)10-9-17(3)11-12-19(4,5)13-14-22-8/h16-17H,9-15H2,1-8H3. The number of thioether (sulfide) groups is 1. The molecule has 0 aromatic carbocycles. The Morgan fingerprint density at radius 1 is 1.00 bits per heavy atom. The minimum atomic E-state index is -0.147. The van der Waals surface area contributed by atoms with Gasteiger partial charge in [-0.05, 0) is 54.9 Å². The molecule has 132 valence electrons. The molecule has 0 N–H and O–H groups in total. The van der Waals surface area contributed by atoms with Crippen LogP contribution in [0.3, 0.4) is 0 Å². The van der Waals surface area contributed by atoms with E-state index in [0.717, 1.165) is 19.3 Å². The molecule has 0 aliphatic carbocycles. The first-order valence-electron chi connectivity index (χ1n) is 9.02. The second-order valence-electron chi connectivity index (χ2n) is 8.99. The van der Waals surface area contributed by atoms with Crippen molar-refractivity contribution in [3.63, 3.8) is 0 Å². The van der Waals surface area contributed by atoms with Crippen molar-refractivity contribution in [3.8, 4) is 0 Å². The molecule has 0 heterocycles. The van der Waals surface area contributed by atoms with Gasteiger partial charge in [0.2, 0.25) is 0 Å². The lowest BCUT2D eigenvalue weighted by molar-refractivity contribution is -0.128. The number of ketones is 1. The normalized spacial score (nSPS) is 14.4. The highest BCUT2D eigenvalue weighted by Gasteiger charge is 2.28. The van der Waals surface area contributed by atoms with E-state index in [4.69, 9.17) is 0 Å². The van der Waals surface area contributed by atoms with E-state index in [-0.39, 0.29) is 5.41 Å². The van der Waals surface area contributed by atoms with Crippen molar-refractivity contribution in [2.24, 2.45) is 22.7 Å². The van der Waals surface area contributed by atoms with Gasteiger partial charge < -0.3 is 0 Å². The van der Waals surface area contributed by atoms with Crippen molar-refractivity contribution in [3.05, 3.63) is 0 Å². The van der Waals surface area contributed by atoms with Crippen molar-refractivity contribution >= 4 is 17.5 Å². The van der Waals surface area contributed by atoms with Gasteiger partial charge in [-0.15, -0.1) is 0 Å². The van der Waals surface area contributed by atoms with Gasteiger partial charge in [0.05, 0.1) is 0 Å². The first-order chi connectivity index (χ1) is 10.00. The highest BCUT2D eigenvalue weighted by atomic mass is 32.2. The molecule has 0 rings (SSSR count). The Bertz CT molecular complexity index is 318.